The highest BCUT2D eigenvalue weighted by Crippen LogP contribution is 2.71. The lowest BCUT2D eigenvalue weighted by Gasteiger charge is -2.68. The number of benzene rings is 1. The van der Waals surface area contributed by atoms with Crippen LogP contribution in [0.25, 0.3) is 0 Å². The highest BCUT2D eigenvalue weighted by Gasteiger charge is 2.83. The SMILES string of the molecule is CCC1C2CC3C4N(C)c5ccccc5C45CC(C2C5O)[N+]3(CC(O)CN(CC)CC)C1O. The Morgan fingerprint density at radius 2 is 1.88 bits per heavy atom. The molecule has 11 unspecified atom stereocenters. The van der Waals surface area contributed by atoms with Crippen LogP contribution in [0.4, 0.5) is 5.69 Å². The van der Waals surface area contributed by atoms with Gasteiger partial charge in [-0.3, -0.25) is 4.48 Å². The average molecular weight is 457 g/mol. The largest absolute Gasteiger partial charge is 0.392 e. The van der Waals surface area contributed by atoms with E-state index in [9.17, 15) is 15.3 Å². The van der Waals surface area contributed by atoms with E-state index in [-0.39, 0.29) is 41.5 Å². The van der Waals surface area contributed by atoms with Gasteiger partial charge in [-0.1, -0.05) is 39.0 Å². The molecule has 6 aliphatic rings. The van der Waals surface area contributed by atoms with Crippen LogP contribution in [0.15, 0.2) is 24.3 Å². The second-order valence-electron chi connectivity index (χ2n) is 11.7. The first kappa shape index (κ1) is 22.3. The van der Waals surface area contributed by atoms with Crippen molar-refractivity contribution in [2.75, 3.05) is 38.1 Å². The fourth-order valence-corrected chi connectivity index (χ4v) is 9.96. The van der Waals surface area contributed by atoms with E-state index in [1.807, 2.05) is 0 Å². The van der Waals surface area contributed by atoms with Crippen molar-refractivity contribution in [3.63, 3.8) is 0 Å². The van der Waals surface area contributed by atoms with Gasteiger partial charge >= 0.3 is 0 Å². The molecule has 4 saturated heterocycles. The number of rotatable bonds is 7. The molecule has 1 spiro atoms. The Kier molecular flexibility index (Phi) is 5.01. The summed E-state index contributed by atoms with van der Waals surface area (Å²) < 4.78 is 0.601. The molecule has 5 fully saturated rings. The van der Waals surface area contributed by atoms with Gasteiger partial charge in [0.25, 0.3) is 0 Å². The molecule has 0 amide bonds. The van der Waals surface area contributed by atoms with E-state index >= 15 is 0 Å². The Morgan fingerprint density at radius 1 is 1.15 bits per heavy atom. The van der Waals surface area contributed by atoms with Crippen molar-refractivity contribution in [2.24, 2.45) is 17.8 Å². The summed E-state index contributed by atoms with van der Waals surface area (Å²) in [5.74, 6) is 0.785. The fraction of sp³-hybridized carbons (Fsp3) is 0.778. The summed E-state index contributed by atoms with van der Waals surface area (Å²) >= 11 is 0. The number of anilines is 1. The van der Waals surface area contributed by atoms with Gasteiger partial charge in [-0.25, -0.2) is 0 Å². The number of piperidine rings is 4. The molecule has 6 heteroatoms. The van der Waals surface area contributed by atoms with Gasteiger partial charge in [-0.15, -0.1) is 0 Å². The van der Waals surface area contributed by atoms with E-state index in [0.29, 0.717) is 23.5 Å². The van der Waals surface area contributed by atoms with Crippen LogP contribution in [-0.2, 0) is 5.41 Å². The van der Waals surface area contributed by atoms with E-state index in [4.69, 9.17) is 0 Å². The summed E-state index contributed by atoms with van der Waals surface area (Å²) in [5.41, 5.74) is 2.32. The van der Waals surface area contributed by atoms with Gasteiger partial charge in [0.1, 0.15) is 18.7 Å². The van der Waals surface area contributed by atoms with Gasteiger partial charge in [0.05, 0.1) is 23.6 Å². The summed E-state index contributed by atoms with van der Waals surface area (Å²) in [6, 6.07) is 9.31. The third kappa shape index (κ3) is 2.47. The molecule has 3 N–H and O–H groups in total. The first-order valence-corrected chi connectivity index (χ1v) is 13.3. The van der Waals surface area contributed by atoms with Crippen molar-refractivity contribution >= 4 is 5.69 Å². The number of likely N-dealkylation sites (N-methyl/N-ethyl adjacent to an activating group) is 2. The van der Waals surface area contributed by atoms with Gasteiger partial charge in [0.15, 0.2) is 6.23 Å². The minimum atomic E-state index is -0.478. The van der Waals surface area contributed by atoms with E-state index in [1.54, 1.807) is 0 Å². The quantitative estimate of drug-likeness (QED) is 0.546. The third-order valence-electron chi connectivity index (χ3n) is 11.0. The van der Waals surface area contributed by atoms with Gasteiger partial charge in [-0.2, -0.15) is 0 Å². The number of nitrogens with zero attached hydrogens (tertiary/aromatic N) is 3. The normalized spacial score (nSPS) is 47.3. The van der Waals surface area contributed by atoms with Crippen molar-refractivity contribution in [2.45, 2.75) is 82.0 Å². The molecule has 182 valence electrons. The Balaban J connectivity index is 1.48. The number of aliphatic hydroxyl groups is 3. The second kappa shape index (κ2) is 7.41. The molecule has 33 heavy (non-hydrogen) atoms. The van der Waals surface area contributed by atoms with Crippen molar-refractivity contribution in [1.82, 2.24) is 4.90 Å². The van der Waals surface area contributed by atoms with E-state index in [0.717, 1.165) is 32.4 Å². The smallest absolute Gasteiger partial charge is 0.194 e. The van der Waals surface area contributed by atoms with Crippen molar-refractivity contribution in [3.05, 3.63) is 29.8 Å². The van der Waals surface area contributed by atoms with Gasteiger partial charge in [0, 0.05) is 44.0 Å². The zero-order valence-electron chi connectivity index (χ0n) is 20.6. The van der Waals surface area contributed by atoms with Crippen molar-refractivity contribution in [3.8, 4) is 0 Å². The van der Waals surface area contributed by atoms with Crippen LogP contribution >= 0.6 is 0 Å². The highest BCUT2D eigenvalue weighted by atomic mass is 16.3. The second-order valence-corrected chi connectivity index (χ2v) is 11.7. The predicted molar refractivity (Wildman–Crippen MR) is 129 cm³/mol. The minimum absolute atomic E-state index is 0.171. The summed E-state index contributed by atoms with van der Waals surface area (Å²) in [7, 11) is 2.19. The predicted octanol–water partition coefficient (Wildman–Crippen LogP) is 1.77. The molecule has 6 nitrogen and oxygen atoms in total. The molecular formula is C27H42N3O3+. The molecule has 1 aromatic rings. The molecule has 0 aromatic heterocycles. The number of quaternary nitrogens is 1. The van der Waals surface area contributed by atoms with Gasteiger partial charge in [0.2, 0.25) is 0 Å². The molecule has 1 aliphatic carbocycles. The molecule has 5 bridgehead atoms. The van der Waals surface area contributed by atoms with E-state index in [2.05, 4.69) is 61.9 Å². The molecule has 1 aromatic carbocycles. The summed E-state index contributed by atoms with van der Waals surface area (Å²) in [5, 5.41) is 35.5. The van der Waals surface area contributed by atoms with Crippen LogP contribution in [0.1, 0.15) is 45.6 Å². The lowest BCUT2D eigenvalue weighted by molar-refractivity contribution is -1.04. The molecule has 5 heterocycles. The molecule has 1 saturated carbocycles. The molecule has 7 rings (SSSR count). The van der Waals surface area contributed by atoms with Crippen LogP contribution in [0.2, 0.25) is 0 Å². The van der Waals surface area contributed by atoms with E-state index in [1.165, 1.54) is 11.3 Å². The van der Waals surface area contributed by atoms with Crippen LogP contribution in [0, 0.1) is 17.8 Å². The van der Waals surface area contributed by atoms with Crippen molar-refractivity contribution < 1.29 is 19.8 Å². The number of aliphatic hydroxyl groups excluding tert-OH is 3. The summed E-state index contributed by atoms with van der Waals surface area (Å²) in [6.45, 7) is 9.58. The summed E-state index contributed by atoms with van der Waals surface area (Å²) in [4.78, 5) is 4.71. The maximum Gasteiger partial charge on any atom is 0.194 e. The fourth-order valence-electron chi connectivity index (χ4n) is 9.96. The zero-order chi connectivity index (χ0) is 23.3. The first-order chi connectivity index (χ1) is 15.9. The maximum absolute atomic E-state index is 12.1. The first-order valence-electron chi connectivity index (χ1n) is 13.3. The average Bonchev–Trinajstić information content (AvgIpc) is 3.20. The Hall–Kier alpha value is -1.18. The minimum Gasteiger partial charge on any atom is -0.392 e. The van der Waals surface area contributed by atoms with Gasteiger partial charge in [-0.05, 0) is 37.1 Å². The van der Waals surface area contributed by atoms with Crippen LogP contribution in [0.3, 0.4) is 0 Å². The summed E-state index contributed by atoms with van der Waals surface area (Å²) in [6.07, 6.45) is 1.60. The number of para-hydroxylation sites is 1. The third-order valence-corrected chi connectivity index (χ3v) is 11.0. The lowest BCUT2D eigenvalue weighted by atomic mass is 9.60. The Labute approximate surface area is 198 Å². The highest BCUT2D eigenvalue weighted by molar-refractivity contribution is 5.66. The standard InChI is InChI=1S/C27H42N3O3/c1-5-17-18-12-21-24-27(19-10-8-9-11-20(19)28(24)4)13-22(23(18)25(27)32)30(21,26(17)33)15-16(31)14-29(6-2)7-3/h8-11,16-18,21-26,31-33H,5-7,12-15H2,1-4H3/q+1. The Morgan fingerprint density at radius 3 is 2.58 bits per heavy atom. The Bertz CT molecular complexity index is 924. The maximum atomic E-state index is 12.1. The topological polar surface area (TPSA) is 67.2 Å². The van der Waals surface area contributed by atoms with Gasteiger partial charge < -0.3 is 25.1 Å². The monoisotopic (exact) mass is 456 g/mol. The van der Waals surface area contributed by atoms with Crippen LogP contribution in [0.5, 0.6) is 0 Å². The zero-order valence-corrected chi connectivity index (χ0v) is 20.6. The molecular weight excluding hydrogens is 414 g/mol. The van der Waals surface area contributed by atoms with Crippen LogP contribution < -0.4 is 4.90 Å². The number of hydrogen-bond acceptors (Lipinski definition) is 5. The molecule has 11 atom stereocenters. The molecule has 5 aliphatic heterocycles. The van der Waals surface area contributed by atoms with Crippen molar-refractivity contribution in [1.29, 1.82) is 0 Å². The number of fused-ring (bicyclic) bond motifs is 2. The number of hydrogen-bond donors (Lipinski definition) is 3. The molecule has 0 radical (unpaired) electrons. The van der Waals surface area contributed by atoms with Crippen LogP contribution in [-0.4, -0.2) is 94.5 Å². The van der Waals surface area contributed by atoms with E-state index < -0.39 is 12.3 Å². The lowest BCUT2D eigenvalue weighted by Crippen LogP contribution is -2.84.